The van der Waals surface area contributed by atoms with Crippen molar-refractivity contribution in [3.8, 4) is 5.75 Å². The quantitative estimate of drug-likeness (QED) is 0.614. The Morgan fingerprint density at radius 2 is 2.10 bits per heavy atom. The first-order valence-electron chi connectivity index (χ1n) is 6.01. The van der Waals surface area contributed by atoms with Gasteiger partial charge >= 0.3 is 0 Å². The van der Waals surface area contributed by atoms with Gasteiger partial charge in [-0.2, -0.15) is 0 Å². The van der Waals surface area contributed by atoms with Crippen LogP contribution in [0.2, 0.25) is 5.02 Å². The monoisotopic (exact) mass is 370 g/mol. The van der Waals surface area contributed by atoms with Gasteiger partial charge in [-0.1, -0.05) is 27.5 Å². The van der Waals surface area contributed by atoms with E-state index < -0.39 is 4.92 Å². The second-order valence-electron chi connectivity index (χ2n) is 4.23. The lowest BCUT2D eigenvalue weighted by molar-refractivity contribution is -0.384. The van der Waals surface area contributed by atoms with Crippen LogP contribution in [0.3, 0.4) is 0 Å². The van der Waals surface area contributed by atoms with E-state index in [2.05, 4.69) is 21.2 Å². The van der Waals surface area contributed by atoms with Crippen molar-refractivity contribution < 1.29 is 9.66 Å². The van der Waals surface area contributed by atoms with Crippen LogP contribution < -0.4 is 10.1 Å². The lowest BCUT2D eigenvalue weighted by atomic mass is 10.2. The SMILES string of the molecule is COc1ccc(Cl)cc1NCc1ccc([N+](=O)[O-])cc1Br. The van der Waals surface area contributed by atoms with Gasteiger partial charge in [0.2, 0.25) is 0 Å². The van der Waals surface area contributed by atoms with Crippen molar-refractivity contribution in [3.63, 3.8) is 0 Å². The highest BCUT2D eigenvalue weighted by Crippen LogP contribution is 2.29. The molecule has 0 atom stereocenters. The van der Waals surface area contributed by atoms with Gasteiger partial charge in [-0.15, -0.1) is 0 Å². The molecule has 0 saturated heterocycles. The van der Waals surface area contributed by atoms with Gasteiger partial charge in [0.1, 0.15) is 5.75 Å². The van der Waals surface area contributed by atoms with Gasteiger partial charge in [0, 0.05) is 28.2 Å². The smallest absolute Gasteiger partial charge is 0.270 e. The van der Waals surface area contributed by atoms with Gasteiger partial charge in [-0.25, -0.2) is 0 Å². The number of ether oxygens (including phenoxy) is 1. The predicted molar refractivity (Wildman–Crippen MR) is 86.1 cm³/mol. The molecule has 0 aliphatic rings. The van der Waals surface area contributed by atoms with Crippen LogP contribution in [-0.2, 0) is 6.54 Å². The molecule has 2 aromatic carbocycles. The van der Waals surface area contributed by atoms with Crippen molar-refractivity contribution in [3.05, 3.63) is 61.6 Å². The van der Waals surface area contributed by atoms with Gasteiger partial charge in [-0.05, 0) is 29.8 Å². The molecule has 0 spiro atoms. The molecular weight excluding hydrogens is 360 g/mol. The average Bonchev–Trinajstić information content (AvgIpc) is 2.46. The second kappa shape index (κ2) is 6.78. The molecule has 0 saturated carbocycles. The molecule has 21 heavy (non-hydrogen) atoms. The van der Waals surface area contributed by atoms with E-state index in [4.69, 9.17) is 16.3 Å². The fourth-order valence-corrected chi connectivity index (χ4v) is 2.48. The molecule has 7 heteroatoms. The molecule has 110 valence electrons. The molecule has 0 aliphatic heterocycles. The van der Waals surface area contributed by atoms with Crippen LogP contribution in [0.25, 0.3) is 0 Å². The van der Waals surface area contributed by atoms with Crippen molar-refractivity contribution >= 4 is 38.9 Å². The standard InChI is InChI=1S/C14H12BrClN2O3/c1-21-14-5-3-10(16)6-13(14)17-8-9-2-4-11(18(19)20)7-12(9)15/h2-7,17H,8H2,1H3. The van der Waals surface area contributed by atoms with E-state index in [-0.39, 0.29) is 5.69 Å². The molecule has 5 nitrogen and oxygen atoms in total. The summed E-state index contributed by atoms with van der Waals surface area (Å²) in [6, 6.07) is 9.93. The Hall–Kier alpha value is -1.79. The number of nitrogens with zero attached hydrogens (tertiary/aromatic N) is 1. The maximum absolute atomic E-state index is 10.7. The highest BCUT2D eigenvalue weighted by atomic mass is 79.9. The number of halogens is 2. The summed E-state index contributed by atoms with van der Waals surface area (Å²) in [6.45, 7) is 0.481. The second-order valence-corrected chi connectivity index (χ2v) is 5.52. The van der Waals surface area contributed by atoms with Gasteiger partial charge in [0.05, 0.1) is 17.7 Å². The first-order valence-corrected chi connectivity index (χ1v) is 7.18. The van der Waals surface area contributed by atoms with Crippen LogP contribution in [0.15, 0.2) is 40.9 Å². The van der Waals surface area contributed by atoms with Crippen molar-refractivity contribution in [1.29, 1.82) is 0 Å². The summed E-state index contributed by atoms with van der Waals surface area (Å²) in [7, 11) is 1.58. The summed E-state index contributed by atoms with van der Waals surface area (Å²) in [4.78, 5) is 10.3. The number of nitrogens with one attached hydrogen (secondary N) is 1. The lowest BCUT2D eigenvalue weighted by Crippen LogP contribution is -2.02. The highest BCUT2D eigenvalue weighted by molar-refractivity contribution is 9.10. The summed E-state index contributed by atoms with van der Waals surface area (Å²) in [6.07, 6.45) is 0. The molecule has 2 rings (SSSR count). The molecule has 0 bridgehead atoms. The number of rotatable bonds is 5. The number of methoxy groups -OCH3 is 1. The summed E-state index contributed by atoms with van der Waals surface area (Å²) >= 11 is 9.30. The van der Waals surface area contributed by atoms with Gasteiger partial charge in [-0.3, -0.25) is 10.1 Å². The van der Waals surface area contributed by atoms with Crippen LogP contribution >= 0.6 is 27.5 Å². The Bertz CT molecular complexity index is 679. The Balaban J connectivity index is 2.17. The molecule has 0 fully saturated rings. The minimum atomic E-state index is -0.429. The van der Waals surface area contributed by atoms with Crippen LogP contribution in [0.1, 0.15) is 5.56 Å². The number of anilines is 1. The fraction of sp³-hybridized carbons (Fsp3) is 0.143. The molecular formula is C14H12BrClN2O3. The number of hydrogen-bond acceptors (Lipinski definition) is 4. The van der Waals surface area contributed by atoms with Crippen LogP contribution in [0, 0.1) is 10.1 Å². The molecule has 1 N–H and O–H groups in total. The fourth-order valence-electron chi connectivity index (χ4n) is 1.80. The van der Waals surface area contributed by atoms with Gasteiger partial charge in [0.15, 0.2) is 0 Å². The first-order chi connectivity index (χ1) is 10.0. The Kier molecular flexibility index (Phi) is 5.03. The molecule has 0 aromatic heterocycles. The molecule has 0 unspecified atom stereocenters. The zero-order valence-corrected chi connectivity index (χ0v) is 13.4. The third kappa shape index (κ3) is 3.86. The normalized spacial score (nSPS) is 10.2. The zero-order valence-electron chi connectivity index (χ0n) is 11.1. The number of nitro groups is 1. The maximum atomic E-state index is 10.7. The summed E-state index contributed by atoms with van der Waals surface area (Å²) in [5.74, 6) is 0.678. The first kappa shape index (κ1) is 15.6. The Morgan fingerprint density at radius 1 is 1.33 bits per heavy atom. The molecule has 2 aromatic rings. The van der Waals surface area contributed by atoms with E-state index in [1.165, 1.54) is 12.1 Å². The molecule has 0 radical (unpaired) electrons. The number of hydrogen-bond donors (Lipinski definition) is 1. The number of benzene rings is 2. The number of nitro benzene ring substituents is 1. The van der Waals surface area contributed by atoms with Crippen molar-refractivity contribution in [2.75, 3.05) is 12.4 Å². The van der Waals surface area contributed by atoms with Gasteiger partial charge < -0.3 is 10.1 Å². The Morgan fingerprint density at radius 3 is 2.71 bits per heavy atom. The Labute approximate surface area is 135 Å². The van der Waals surface area contributed by atoms with E-state index in [0.29, 0.717) is 21.8 Å². The number of non-ortho nitro benzene ring substituents is 1. The van der Waals surface area contributed by atoms with E-state index in [1.54, 1.807) is 31.4 Å². The third-order valence-electron chi connectivity index (χ3n) is 2.88. The van der Waals surface area contributed by atoms with Crippen molar-refractivity contribution in [2.45, 2.75) is 6.54 Å². The summed E-state index contributed by atoms with van der Waals surface area (Å²) in [5.41, 5.74) is 1.70. The van der Waals surface area contributed by atoms with E-state index in [9.17, 15) is 10.1 Å². The third-order valence-corrected chi connectivity index (χ3v) is 3.85. The molecule has 0 aliphatic carbocycles. The van der Waals surface area contributed by atoms with E-state index in [0.717, 1.165) is 11.3 Å². The zero-order chi connectivity index (χ0) is 15.4. The minimum absolute atomic E-state index is 0.0472. The molecule has 0 heterocycles. The van der Waals surface area contributed by atoms with Crippen LogP contribution in [-0.4, -0.2) is 12.0 Å². The van der Waals surface area contributed by atoms with Crippen molar-refractivity contribution in [2.24, 2.45) is 0 Å². The maximum Gasteiger partial charge on any atom is 0.270 e. The van der Waals surface area contributed by atoms with E-state index in [1.807, 2.05) is 0 Å². The average molecular weight is 372 g/mol. The topological polar surface area (TPSA) is 64.4 Å². The summed E-state index contributed by atoms with van der Waals surface area (Å²) < 4.78 is 5.92. The van der Waals surface area contributed by atoms with Gasteiger partial charge in [0.25, 0.3) is 5.69 Å². The lowest BCUT2D eigenvalue weighted by Gasteiger charge is -2.12. The van der Waals surface area contributed by atoms with Crippen LogP contribution in [0.5, 0.6) is 5.75 Å². The minimum Gasteiger partial charge on any atom is -0.495 e. The highest BCUT2D eigenvalue weighted by Gasteiger charge is 2.10. The predicted octanol–water partition coefficient (Wildman–Crippen LogP) is 4.63. The largest absolute Gasteiger partial charge is 0.495 e. The van der Waals surface area contributed by atoms with Crippen LogP contribution in [0.4, 0.5) is 11.4 Å². The molecule has 0 amide bonds. The summed E-state index contributed by atoms with van der Waals surface area (Å²) in [5, 5.41) is 14.5. The van der Waals surface area contributed by atoms with Crippen molar-refractivity contribution in [1.82, 2.24) is 0 Å². The van der Waals surface area contributed by atoms with E-state index >= 15 is 0 Å².